The van der Waals surface area contributed by atoms with Crippen LogP contribution in [-0.2, 0) is 6.54 Å². The van der Waals surface area contributed by atoms with Gasteiger partial charge in [0.05, 0.1) is 12.2 Å². The molecule has 1 aromatic carbocycles. The molecule has 1 atom stereocenters. The van der Waals surface area contributed by atoms with Gasteiger partial charge in [-0.25, -0.2) is 0 Å². The van der Waals surface area contributed by atoms with E-state index in [1.165, 1.54) is 16.8 Å². The maximum Gasteiger partial charge on any atom is 0.0662 e. The van der Waals surface area contributed by atoms with E-state index in [4.69, 9.17) is 5.10 Å². The van der Waals surface area contributed by atoms with E-state index < -0.39 is 0 Å². The molecule has 0 saturated heterocycles. The van der Waals surface area contributed by atoms with Gasteiger partial charge < -0.3 is 5.32 Å². The number of hydrogen-bond donors (Lipinski definition) is 1. The van der Waals surface area contributed by atoms with Crippen molar-refractivity contribution in [2.45, 2.75) is 46.7 Å². The molecule has 20 heavy (non-hydrogen) atoms. The molecule has 0 bridgehead atoms. The van der Waals surface area contributed by atoms with Crippen LogP contribution in [0.5, 0.6) is 0 Å². The van der Waals surface area contributed by atoms with Crippen molar-refractivity contribution in [3.8, 4) is 0 Å². The van der Waals surface area contributed by atoms with E-state index in [1.54, 1.807) is 0 Å². The molecule has 0 spiro atoms. The fraction of sp³-hybridized carbons (Fsp3) is 0.471. The van der Waals surface area contributed by atoms with Crippen LogP contribution in [0.3, 0.4) is 0 Å². The number of aryl methyl sites for hydroxylation is 1. The predicted molar refractivity (Wildman–Crippen MR) is 84.0 cm³/mol. The van der Waals surface area contributed by atoms with Gasteiger partial charge in [0, 0.05) is 17.3 Å². The second kappa shape index (κ2) is 6.71. The molecule has 108 valence electrons. The largest absolute Gasteiger partial charge is 0.310 e. The summed E-state index contributed by atoms with van der Waals surface area (Å²) in [6, 6.07) is 10.9. The molecule has 0 amide bonds. The fourth-order valence-corrected chi connectivity index (χ4v) is 2.71. The standard InChI is InChI=1S/C17H25N3/c1-5-11-18-13(2)17-14(3)19-20(15(17)4)12-16-9-7-6-8-10-16/h6-10,13,18H,5,11-12H2,1-4H3. The third-order valence-corrected chi connectivity index (χ3v) is 3.75. The van der Waals surface area contributed by atoms with Crippen molar-refractivity contribution in [3.63, 3.8) is 0 Å². The van der Waals surface area contributed by atoms with Crippen LogP contribution >= 0.6 is 0 Å². The highest BCUT2D eigenvalue weighted by Crippen LogP contribution is 2.22. The van der Waals surface area contributed by atoms with Crippen LogP contribution in [0.4, 0.5) is 0 Å². The Morgan fingerprint density at radius 3 is 2.55 bits per heavy atom. The van der Waals surface area contributed by atoms with E-state index in [0.29, 0.717) is 6.04 Å². The van der Waals surface area contributed by atoms with E-state index >= 15 is 0 Å². The number of rotatable bonds is 6. The summed E-state index contributed by atoms with van der Waals surface area (Å²) in [5, 5.41) is 8.27. The monoisotopic (exact) mass is 271 g/mol. The van der Waals surface area contributed by atoms with Crippen molar-refractivity contribution < 1.29 is 0 Å². The van der Waals surface area contributed by atoms with Crippen LogP contribution in [0.25, 0.3) is 0 Å². The highest BCUT2D eigenvalue weighted by atomic mass is 15.3. The fourth-order valence-electron chi connectivity index (χ4n) is 2.71. The first-order valence-electron chi connectivity index (χ1n) is 7.44. The van der Waals surface area contributed by atoms with Gasteiger partial charge in [-0.1, -0.05) is 37.3 Å². The Hall–Kier alpha value is -1.61. The number of benzene rings is 1. The number of nitrogens with one attached hydrogen (secondary N) is 1. The average Bonchev–Trinajstić information content (AvgIpc) is 2.72. The van der Waals surface area contributed by atoms with Crippen LogP contribution in [0.1, 0.15) is 48.8 Å². The van der Waals surface area contributed by atoms with Crippen LogP contribution in [0.15, 0.2) is 30.3 Å². The highest BCUT2D eigenvalue weighted by Gasteiger charge is 2.16. The Balaban J connectivity index is 2.20. The molecule has 0 fully saturated rings. The second-order valence-electron chi connectivity index (χ2n) is 5.40. The lowest BCUT2D eigenvalue weighted by molar-refractivity contribution is 0.564. The van der Waals surface area contributed by atoms with Crippen molar-refractivity contribution in [1.29, 1.82) is 0 Å². The minimum atomic E-state index is 0.361. The molecule has 1 aromatic heterocycles. The Morgan fingerprint density at radius 1 is 1.20 bits per heavy atom. The van der Waals surface area contributed by atoms with Crippen molar-refractivity contribution in [1.82, 2.24) is 15.1 Å². The van der Waals surface area contributed by atoms with E-state index in [2.05, 4.69) is 62.0 Å². The van der Waals surface area contributed by atoms with Gasteiger partial charge in [0.15, 0.2) is 0 Å². The summed E-state index contributed by atoms with van der Waals surface area (Å²) in [5.41, 5.74) is 5.03. The van der Waals surface area contributed by atoms with Crippen molar-refractivity contribution >= 4 is 0 Å². The molecule has 0 saturated carbocycles. The van der Waals surface area contributed by atoms with Gasteiger partial charge in [-0.3, -0.25) is 4.68 Å². The Morgan fingerprint density at radius 2 is 1.90 bits per heavy atom. The molecule has 1 N–H and O–H groups in total. The minimum Gasteiger partial charge on any atom is -0.310 e. The molecular weight excluding hydrogens is 246 g/mol. The summed E-state index contributed by atoms with van der Waals surface area (Å²) in [7, 11) is 0. The average molecular weight is 271 g/mol. The molecule has 1 unspecified atom stereocenters. The van der Waals surface area contributed by atoms with E-state index in [0.717, 1.165) is 25.2 Å². The second-order valence-corrected chi connectivity index (χ2v) is 5.40. The Labute approximate surface area is 122 Å². The van der Waals surface area contributed by atoms with Crippen LogP contribution in [0, 0.1) is 13.8 Å². The van der Waals surface area contributed by atoms with E-state index in [9.17, 15) is 0 Å². The maximum atomic E-state index is 4.71. The summed E-state index contributed by atoms with van der Waals surface area (Å²) in [5.74, 6) is 0. The molecule has 3 nitrogen and oxygen atoms in total. The van der Waals surface area contributed by atoms with Gasteiger partial charge in [0.2, 0.25) is 0 Å². The zero-order valence-corrected chi connectivity index (χ0v) is 13.0. The lowest BCUT2D eigenvalue weighted by Crippen LogP contribution is -2.20. The van der Waals surface area contributed by atoms with E-state index in [-0.39, 0.29) is 0 Å². The first kappa shape index (κ1) is 14.8. The SMILES string of the molecule is CCCNC(C)c1c(C)nn(Cc2ccccc2)c1C. The molecule has 1 heterocycles. The van der Waals surface area contributed by atoms with Gasteiger partial charge in [-0.2, -0.15) is 5.10 Å². The molecule has 0 radical (unpaired) electrons. The topological polar surface area (TPSA) is 29.9 Å². The zero-order valence-electron chi connectivity index (χ0n) is 13.0. The minimum absolute atomic E-state index is 0.361. The third kappa shape index (κ3) is 3.28. The Kier molecular flexibility index (Phi) is 4.96. The molecule has 0 aliphatic heterocycles. The summed E-state index contributed by atoms with van der Waals surface area (Å²) < 4.78 is 2.12. The molecule has 2 aromatic rings. The molecule has 0 aliphatic rings. The lowest BCUT2D eigenvalue weighted by atomic mass is 10.1. The Bertz CT molecular complexity index is 543. The quantitative estimate of drug-likeness (QED) is 0.870. The third-order valence-electron chi connectivity index (χ3n) is 3.75. The van der Waals surface area contributed by atoms with E-state index in [1.807, 2.05) is 6.07 Å². The molecular formula is C17H25N3. The highest BCUT2D eigenvalue weighted by molar-refractivity contribution is 5.29. The first-order valence-corrected chi connectivity index (χ1v) is 7.44. The summed E-state index contributed by atoms with van der Waals surface area (Å²) >= 11 is 0. The van der Waals surface area contributed by atoms with Crippen molar-refractivity contribution in [2.24, 2.45) is 0 Å². The molecule has 3 heteroatoms. The maximum absolute atomic E-state index is 4.71. The zero-order chi connectivity index (χ0) is 14.5. The van der Waals surface area contributed by atoms with Gasteiger partial charge in [-0.05, 0) is 39.3 Å². The van der Waals surface area contributed by atoms with Gasteiger partial charge in [-0.15, -0.1) is 0 Å². The normalized spacial score (nSPS) is 12.6. The van der Waals surface area contributed by atoms with Crippen molar-refractivity contribution in [3.05, 3.63) is 52.8 Å². The van der Waals surface area contributed by atoms with Gasteiger partial charge >= 0.3 is 0 Å². The molecule has 2 rings (SSSR count). The molecule has 0 aliphatic carbocycles. The van der Waals surface area contributed by atoms with Crippen LogP contribution < -0.4 is 5.32 Å². The van der Waals surface area contributed by atoms with Crippen molar-refractivity contribution in [2.75, 3.05) is 6.54 Å². The number of hydrogen-bond acceptors (Lipinski definition) is 2. The first-order chi connectivity index (χ1) is 9.63. The number of nitrogens with zero attached hydrogens (tertiary/aromatic N) is 2. The summed E-state index contributed by atoms with van der Waals surface area (Å²) in [4.78, 5) is 0. The number of aromatic nitrogens is 2. The lowest BCUT2D eigenvalue weighted by Gasteiger charge is -2.14. The summed E-state index contributed by atoms with van der Waals surface area (Å²) in [6.45, 7) is 10.6. The predicted octanol–water partition coefficient (Wildman–Crippen LogP) is 3.61. The van der Waals surface area contributed by atoms with Gasteiger partial charge in [0.25, 0.3) is 0 Å². The van der Waals surface area contributed by atoms with Crippen LogP contribution in [0.2, 0.25) is 0 Å². The smallest absolute Gasteiger partial charge is 0.0662 e. The van der Waals surface area contributed by atoms with Crippen LogP contribution in [-0.4, -0.2) is 16.3 Å². The van der Waals surface area contributed by atoms with Gasteiger partial charge in [0.1, 0.15) is 0 Å². The summed E-state index contributed by atoms with van der Waals surface area (Å²) in [6.07, 6.45) is 1.15.